The van der Waals surface area contributed by atoms with Crippen molar-refractivity contribution in [2.45, 2.75) is 59.2 Å². The minimum Gasteiger partial charge on any atom is -0.486 e. The summed E-state index contributed by atoms with van der Waals surface area (Å²) in [6.07, 6.45) is -0.113. The van der Waals surface area contributed by atoms with Crippen molar-refractivity contribution in [1.29, 1.82) is 0 Å². The Labute approximate surface area is 232 Å². The predicted octanol–water partition coefficient (Wildman–Crippen LogP) is 7.79. The minimum atomic E-state index is -0.288. The normalized spacial score (nSPS) is 14.0. The Balaban J connectivity index is 2.43. The summed E-state index contributed by atoms with van der Waals surface area (Å²) in [5, 5.41) is 0. The molecule has 0 aromatic heterocycles. The Morgan fingerprint density at radius 1 is 0.667 bits per heavy atom. The van der Waals surface area contributed by atoms with E-state index in [4.69, 9.17) is 20.9 Å². The molecule has 0 amide bonds. The van der Waals surface area contributed by atoms with Crippen molar-refractivity contribution in [2.24, 2.45) is 23.3 Å². The summed E-state index contributed by atoms with van der Waals surface area (Å²) < 4.78 is 16.0. The van der Waals surface area contributed by atoms with Crippen LogP contribution in [-0.4, -0.2) is 25.3 Å². The first-order valence-electron chi connectivity index (χ1n) is 11.1. The van der Waals surface area contributed by atoms with Gasteiger partial charge in [-0.2, -0.15) is 0 Å². The van der Waals surface area contributed by atoms with Crippen molar-refractivity contribution in [3.05, 3.63) is 53.3 Å². The zero-order valence-electron chi connectivity index (χ0n) is 20.0. The van der Waals surface area contributed by atoms with Gasteiger partial charge in [-0.15, -0.1) is 0 Å². The van der Waals surface area contributed by atoms with Crippen LogP contribution in [0.4, 0.5) is 0 Å². The number of ether oxygens (including phenoxy) is 2. The van der Waals surface area contributed by atoms with Gasteiger partial charge in [0.05, 0.1) is 17.9 Å². The van der Waals surface area contributed by atoms with E-state index in [9.17, 15) is 0 Å². The maximum absolute atomic E-state index is 6.22. The summed E-state index contributed by atoms with van der Waals surface area (Å²) in [6.45, 7) is 13.7. The second-order valence-electron chi connectivity index (χ2n) is 9.44. The van der Waals surface area contributed by atoms with Crippen LogP contribution in [0.25, 0.3) is 0 Å². The van der Waals surface area contributed by atoms with Gasteiger partial charge in [-0.05, 0) is 111 Å². The maximum atomic E-state index is 6.22. The number of hydrogen-bond donors (Lipinski definition) is 2. The van der Waals surface area contributed by atoms with Gasteiger partial charge in [-0.1, -0.05) is 41.5 Å². The fraction of sp³-hybridized carbons (Fsp3) is 0.520. The molecule has 4 N–H and O–H groups in total. The fourth-order valence-electron chi connectivity index (χ4n) is 3.45. The molecule has 0 saturated carbocycles. The first kappa shape index (κ1) is 29.1. The molecule has 184 valence electrons. The Morgan fingerprint density at radius 3 is 1.15 bits per heavy atom. The second kappa shape index (κ2) is 12.2. The minimum absolute atomic E-state index is 0.0564. The van der Waals surface area contributed by atoms with E-state index in [-0.39, 0.29) is 17.6 Å². The lowest BCUT2D eigenvalue weighted by molar-refractivity contribution is 0.157. The van der Waals surface area contributed by atoms with Gasteiger partial charge in [0.1, 0.15) is 23.7 Å². The molecule has 33 heavy (non-hydrogen) atoms. The van der Waals surface area contributed by atoms with Gasteiger partial charge in [0.15, 0.2) is 0 Å². The molecule has 0 aliphatic rings. The summed E-state index contributed by atoms with van der Waals surface area (Å²) in [5.41, 5.74) is 13.8. The highest BCUT2D eigenvalue weighted by Gasteiger charge is 2.28. The van der Waals surface area contributed by atoms with Gasteiger partial charge in [-0.3, -0.25) is 0 Å². The lowest BCUT2D eigenvalue weighted by atomic mass is 9.78. The van der Waals surface area contributed by atoms with E-state index < -0.39 is 0 Å². The number of nitrogens with two attached hydrogens (primary N) is 2. The molecule has 2 aromatic carbocycles. The Morgan fingerprint density at radius 2 is 0.939 bits per heavy atom. The highest BCUT2D eigenvalue weighted by atomic mass is 79.9. The molecule has 4 nitrogen and oxygen atoms in total. The molecule has 0 aliphatic carbocycles. The third kappa shape index (κ3) is 6.98. The van der Waals surface area contributed by atoms with Crippen molar-refractivity contribution in [3.63, 3.8) is 0 Å². The average Bonchev–Trinajstić information content (AvgIpc) is 2.72. The van der Waals surface area contributed by atoms with Crippen LogP contribution in [0.15, 0.2) is 42.2 Å². The van der Waals surface area contributed by atoms with Crippen LogP contribution in [0.2, 0.25) is 0 Å². The summed E-state index contributed by atoms with van der Waals surface area (Å²) in [6, 6.07) is 8.46. The van der Waals surface area contributed by atoms with E-state index in [1.54, 1.807) is 0 Å². The van der Waals surface area contributed by atoms with Crippen molar-refractivity contribution in [2.75, 3.05) is 13.1 Å². The van der Waals surface area contributed by atoms with E-state index in [1.165, 1.54) is 0 Å². The average molecular weight is 714 g/mol. The van der Waals surface area contributed by atoms with Crippen LogP contribution in [0.1, 0.15) is 52.7 Å². The third-order valence-electron chi connectivity index (χ3n) is 5.93. The summed E-state index contributed by atoms with van der Waals surface area (Å²) in [7, 11) is 0. The molecular formula is C25H34Br4N2O2. The van der Waals surface area contributed by atoms with Crippen LogP contribution in [0, 0.1) is 11.8 Å². The number of rotatable bonds is 10. The molecule has 8 heteroatoms. The molecule has 0 bridgehead atoms. The molecule has 2 rings (SSSR count). The molecule has 0 fully saturated rings. The lowest BCUT2D eigenvalue weighted by Crippen LogP contribution is -2.32. The topological polar surface area (TPSA) is 70.5 Å². The molecule has 2 aromatic rings. The Bertz CT molecular complexity index is 842. The van der Waals surface area contributed by atoms with E-state index in [0.29, 0.717) is 24.9 Å². The highest BCUT2D eigenvalue weighted by Crippen LogP contribution is 2.44. The predicted molar refractivity (Wildman–Crippen MR) is 152 cm³/mol. The summed E-state index contributed by atoms with van der Waals surface area (Å²) in [5.74, 6) is 2.17. The molecule has 2 unspecified atom stereocenters. The lowest BCUT2D eigenvalue weighted by Gasteiger charge is -2.30. The number of halogens is 4. The first-order valence-corrected chi connectivity index (χ1v) is 14.2. The zero-order valence-corrected chi connectivity index (χ0v) is 26.4. The SMILES string of the molecule is CC(C)C(CN)Oc1c(Br)cc(C(C)(C)c2cc(Br)c(OC(CN)C(C)C)c(Br)c2)cc1Br. The van der Waals surface area contributed by atoms with Crippen LogP contribution in [0.3, 0.4) is 0 Å². The highest BCUT2D eigenvalue weighted by molar-refractivity contribution is 9.11. The zero-order chi connectivity index (χ0) is 25.1. The van der Waals surface area contributed by atoms with Gasteiger partial charge in [0.25, 0.3) is 0 Å². The molecule has 0 saturated heterocycles. The van der Waals surface area contributed by atoms with Crippen LogP contribution in [0.5, 0.6) is 11.5 Å². The van der Waals surface area contributed by atoms with Crippen molar-refractivity contribution >= 4 is 63.7 Å². The van der Waals surface area contributed by atoms with Crippen molar-refractivity contribution in [3.8, 4) is 11.5 Å². The van der Waals surface area contributed by atoms with Crippen LogP contribution >= 0.6 is 63.7 Å². The van der Waals surface area contributed by atoms with E-state index in [2.05, 4.69) is 130 Å². The van der Waals surface area contributed by atoms with Crippen LogP contribution < -0.4 is 20.9 Å². The largest absolute Gasteiger partial charge is 0.486 e. The fourth-order valence-corrected chi connectivity index (χ4v) is 6.20. The number of benzene rings is 2. The quantitative estimate of drug-likeness (QED) is 0.264. The molecular weight excluding hydrogens is 680 g/mol. The third-order valence-corrected chi connectivity index (χ3v) is 8.29. The van der Waals surface area contributed by atoms with E-state index in [0.717, 1.165) is 40.5 Å². The van der Waals surface area contributed by atoms with Crippen molar-refractivity contribution in [1.82, 2.24) is 0 Å². The standard InChI is InChI=1S/C25H34Br4N2O2/c1-13(2)21(11-30)32-23-17(26)7-15(8-18(23)27)25(5,6)16-9-19(28)24(20(29)10-16)33-22(12-31)14(3)4/h7-10,13-14,21-22H,11-12,30-31H2,1-6H3. The van der Waals surface area contributed by atoms with Crippen LogP contribution in [-0.2, 0) is 5.41 Å². The van der Waals surface area contributed by atoms with E-state index >= 15 is 0 Å². The second-order valence-corrected chi connectivity index (χ2v) is 12.9. The first-order chi connectivity index (χ1) is 15.3. The van der Waals surface area contributed by atoms with Crippen molar-refractivity contribution < 1.29 is 9.47 Å². The molecule has 0 aliphatic heterocycles. The number of hydrogen-bond acceptors (Lipinski definition) is 4. The van der Waals surface area contributed by atoms with Gasteiger partial charge < -0.3 is 20.9 Å². The van der Waals surface area contributed by atoms with Gasteiger partial charge in [-0.25, -0.2) is 0 Å². The van der Waals surface area contributed by atoms with E-state index in [1.807, 2.05) is 0 Å². The molecule has 0 spiro atoms. The Hall–Kier alpha value is -0.120. The summed E-state index contributed by atoms with van der Waals surface area (Å²) >= 11 is 14.9. The molecule has 0 heterocycles. The summed E-state index contributed by atoms with van der Waals surface area (Å²) in [4.78, 5) is 0. The maximum Gasteiger partial charge on any atom is 0.148 e. The van der Waals surface area contributed by atoms with Gasteiger partial charge in [0.2, 0.25) is 0 Å². The van der Waals surface area contributed by atoms with Gasteiger partial charge in [0, 0.05) is 18.5 Å². The van der Waals surface area contributed by atoms with Gasteiger partial charge >= 0.3 is 0 Å². The molecule has 2 atom stereocenters. The monoisotopic (exact) mass is 710 g/mol. The Kier molecular flexibility index (Phi) is 10.8. The molecule has 0 radical (unpaired) electrons. The smallest absolute Gasteiger partial charge is 0.148 e.